The Balaban J connectivity index is 1.64. The number of amides is 1. The van der Waals surface area contributed by atoms with Crippen LogP contribution in [0.1, 0.15) is 50.2 Å². The Bertz CT molecular complexity index is 936. The molecule has 1 aliphatic carbocycles. The van der Waals surface area contributed by atoms with Gasteiger partial charge in [0.05, 0.1) is 6.61 Å². The van der Waals surface area contributed by atoms with Gasteiger partial charge in [-0.05, 0) is 43.7 Å². The fourth-order valence-electron chi connectivity index (χ4n) is 3.63. The molecule has 0 aromatic heterocycles. The highest BCUT2D eigenvalue weighted by Crippen LogP contribution is 2.33. The van der Waals surface area contributed by atoms with E-state index in [4.69, 9.17) is 14.2 Å². The molecule has 0 heterocycles. The van der Waals surface area contributed by atoms with Crippen molar-refractivity contribution >= 4 is 12.1 Å². The van der Waals surface area contributed by atoms with Crippen LogP contribution in [0.2, 0.25) is 0 Å². The van der Waals surface area contributed by atoms with E-state index in [-0.39, 0.29) is 13.2 Å². The second-order valence-corrected chi connectivity index (χ2v) is 8.05. The number of hydrogen-bond acceptors (Lipinski definition) is 6. The molecule has 1 saturated carbocycles. The van der Waals surface area contributed by atoms with Crippen LogP contribution in [-0.2, 0) is 32.2 Å². The zero-order valence-corrected chi connectivity index (χ0v) is 18.2. The molecule has 0 aliphatic heterocycles. The summed E-state index contributed by atoms with van der Waals surface area (Å²) in [5.41, 5.74) is -1.27. The summed E-state index contributed by atoms with van der Waals surface area (Å²) in [5, 5.41) is 12.3. The van der Waals surface area contributed by atoms with Crippen molar-refractivity contribution in [3.63, 3.8) is 0 Å². The summed E-state index contributed by atoms with van der Waals surface area (Å²) in [4.78, 5) is 25.7. The third-order valence-corrected chi connectivity index (χ3v) is 5.49. The predicted molar refractivity (Wildman–Crippen MR) is 117 cm³/mol. The van der Waals surface area contributed by atoms with E-state index in [9.17, 15) is 14.9 Å². The molecular formula is C25H28N2O5. The van der Waals surface area contributed by atoms with Gasteiger partial charge in [0.15, 0.2) is 5.60 Å². The molecule has 1 fully saturated rings. The van der Waals surface area contributed by atoms with Crippen molar-refractivity contribution in [2.24, 2.45) is 0 Å². The Kier molecular flexibility index (Phi) is 7.85. The molecule has 0 saturated heterocycles. The van der Waals surface area contributed by atoms with Crippen molar-refractivity contribution in [2.75, 3.05) is 0 Å². The van der Waals surface area contributed by atoms with Crippen molar-refractivity contribution < 1.29 is 23.8 Å². The van der Waals surface area contributed by atoms with Gasteiger partial charge < -0.3 is 19.5 Å². The summed E-state index contributed by atoms with van der Waals surface area (Å²) < 4.78 is 16.5. The van der Waals surface area contributed by atoms with Gasteiger partial charge >= 0.3 is 6.16 Å². The Morgan fingerprint density at radius 3 is 2.09 bits per heavy atom. The molecule has 3 rings (SSSR count). The quantitative estimate of drug-likeness (QED) is 0.479. The van der Waals surface area contributed by atoms with Gasteiger partial charge in [-0.25, -0.2) is 4.79 Å². The van der Waals surface area contributed by atoms with Crippen molar-refractivity contribution in [1.82, 2.24) is 5.32 Å². The van der Waals surface area contributed by atoms with Gasteiger partial charge in [0, 0.05) is 0 Å². The lowest BCUT2D eigenvalue weighted by molar-refractivity contribution is -0.154. The van der Waals surface area contributed by atoms with Crippen LogP contribution in [0, 0.1) is 11.3 Å². The Morgan fingerprint density at radius 1 is 0.969 bits per heavy atom. The van der Waals surface area contributed by atoms with Gasteiger partial charge in [0.25, 0.3) is 5.91 Å². The summed E-state index contributed by atoms with van der Waals surface area (Å²) in [6.45, 7) is 1.68. The maximum atomic E-state index is 13.2. The summed E-state index contributed by atoms with van der Waals surface area (Å²) in [6, 6.07) is 20.6. The van der Waals surface area contributed by atoms with Crippen molar-refractivity contribution in [2.45, 2.75) is 63.6 Å². The van der Waals surface area contributed by atoms with E-state index in [2.05, 4.69) is 5.32 Å². The fraction of sp³-hybridized carbons (Fsp3) is 0.400. The Hall–Kier alpha value is -3.37. The lowest BCUT2D eigenvalue weighted by Gasteiger charge is -2.36. The summed E-state index contributed by atoms with van der Waals surface area (Å²) in [7, 11) is 0. The number of rotatable bonds is 8. The average molecular weight is 437 g/mol. The van der Waals surface area contributed by atoms with Gasteiger partial charge in [0.2, 0.25) is 5.72 Å². The molecule has 2 aromatic rings. The second-order valence-electron chi connectivity index (χ2n) is 8.05. The van der Waals surface area contributed by atoms with Crippen LogP contribution in [0.4, 0.5) is 4.79 Å². The van der Waals surface area contributed by atoms with Gasteiger partial charge in [-0.2, -0.15) is 5.26 Å². The second kappa shape index (κ2) is 10.8. The molecule has 1 aliphatic rings. The van der Waals surface area contributed by atoms with Crippen LogP contribution >= 0.6 is 0 Å². The lowest BCUT2D eigenvalue weighted by atomic mass is 9.83. The fourth-order valence-corrected chi connectivity index (χ4v) is 3.63. The van der Waals surface area contributed by atoms with Crippen molar-refractivity contribution in [3.05, 3.63) is 71.8 Å². The molecular weight excluding hydrogens is 408 g/mol. The maximum Gasteiger partial charge on any atom is 0.509 e. The highest BCUT2D eigenvalue weighted by molar-refractivity contribution is 5.88. The Labute approximate surface area is 188 Å². The molecule has 7 heteroatoms. The van der Waals surface area contributed by atoms with E-state index in [0.717, 1.165) is 30.4 Å². The lowest BCUT2D eigenvalue weighted by Crippen LogP contribution is -2.58. The number of nitriles is 1. The van der Waals surface area contributed by atoms with E-state index < -0.39 is 23.4 Å². The van der Waals surface area contributed by atoms with Crippen LogP contribution in [0.25, 0.3) is 0 Å². The summed E-state index contributed by atoms with van der Waals surface area (Å²) in [6.07, 6.45) is 2.21. The number of nitrogens with one attached hydrogen (secondary N) is 1. The summed E-state index contributed by atoms with van der Waals surface area (Å²) >= 11 is 0. The molecule has 2 aromatic carbocycles. The molecule has 0 spiro atoms. The van der Waals surface area contributed by atoms with Crippen LogP contribution < -0.4 is 5.32 Å². The predicted octanol–water partition coefficient (Wildman–Crippen LogP) is 4.62. The number of carbonyl (C=O) groups excluding carboxylic acids is 2. The van der Waals surface area contributed by atoms with Gasteiger partial charge in [-0.3, -0.25) is 4.79 Å². The van der Waals surface area contributed by atoms with Gasteiger partial charge in [-0.15, -0.1) is 0 Å². The normalized spacial score (nSPS) is 16.8. The third-order valence-electron chi connectivity index (χ3n) is 5.49. The number of nitrogens with zero attached hydrogens (tertiary/aromatic N) is 1. The number of hydrogen-bond donors (Lipinski definition) is 1. The minimum absolute atomic E-state index is 0.0491. The first-order valence-corrected chi connectivity index (χ1v) is 10.8. The van der Waals surface area contributed by atoms with E-state index in [1.807, 2.05) is 66.7 Å². The topological polar surface area (TPSA) is 97.7 Å². The van der Waals surface area contributed by atoms with Gasteiger partial charge in [0.1, 0.15) is 12.7 Å². The number of carbonyl (C=O) groups is 2. The molecule has 1 unspecified atom stereocenters. The number of ether oxygens (including phenoxy) is 3. The molecule has 7 nitrogen and oxygen atoms in total. The van der Waals surface area contributed by atoms with E-state index in [1.165, 1.54) is 6.92 Å². The first kappa shape index (κ1) is 23.3. The van der Waals surface area contributed by atoms with Crippen LogP contribution in [0.15, 0.2) is 60.7 Å². The minimum atomic E-state index is -1.57. The SMILES string of the molecule is CC(C#N)(NC(=O)C1(OC(=O)OCc2ccccc2)CCCCC1)OCc1ccccc1. The molecule has 1 amide bonds. The van der Waals surface area contributed by atoms with E-state index in [0.29, 0.717) is 12.8 Å². The first-order valence-electron chi connectivity index (χ1n) is 10.8. The summed E-state index contributed by atoms with van der Waals surface area (Å²) in [5.74, 6) is -0.550. The van der Waals surface area contributed by atoms with E-state index in [1.54, 1.807) is 0 Å². The first-order chi connectivity index (χ1) is 15.4. The highest BCUT2D eigenvalue weighted by atomic mass is 16.7. The van der Waals surface area contributed by atoms with E-state index >= 15 is 0 Å². The smallest absolute Gasteiger partial charge is 0.429 e. The van der Waals surface area contributed by atoms with Crippen molar-refractivity contribution in [3.8, 4) is 6.07 Å². The van der Waals surface area contributed by atoms with Crippen LogP contribution in [0.5, 0.6) is 0 Å². The largest absolute Gasteiger partial charge is 0.509 e. The third kappa shape index (κ3) is 6.32. The zero-order valence-electron chi connectivity index (χ0n) is 18.2. The van der Waals surface area contributed by atoms with Crippen molar-refractivity contribution in [1.29, 1.82) is 5.26 Å². The molecule has 168 valence electrons. The maximum absolute atomic E-state index is 13.2. The molecule has 32 heavy (non-hydrogen) atoms. The van der Waals surface area contributed by atoms with Crippen LogP contribution in [0.3, 0.4) is 0 Å². The monoisotopic (exact) mass is 436 g/mol. The van der Waals surface area contributed by atoms with Crippen LogP contribution in [-0.4, -0.2) is 23.4 Å². The molecule has 0 bridgehead atoms. The number of benzene rings is 2. The zero-order chi connectivity index (χ0) is 22.9. The Morgan fingerprint density at radius 2 is 1.53 bits per heavy atom. The van der Waals surface area contributed by atoms with Gasteiger partial charge in [-0.1, -0.05) is 67.1 Å². The highest BCUT2D eigenvalue weighted by Gasteiger charge is 2.46. The standard InChI is InChI=1S/C25H28N2O5/c1-24(19-26,31-18-21-13-7-3-8-14-21)27-22(28)25(15-9-4-10-16-25)32-23(29)30-17-20-11-5-2-6-12-20/h2-3,5-8,11-14H,4,9-10,15-18H2,1H3,(H,27,28). The molecule has 1 N–H and O–H groups in total. The molecule has 1 atom stereocenters. The average Bonchev–Trinajstić information content (AvgIpc) is 2.83. The minimum Gasteiger partial charge on any atom is -0.429 e. The molecule has 0 radical (unpaired) electrons.